The fourth-order valence-electron chi connectivity index (χ4n) is 14.3. The summed E-state index contributed by atoms with van der Waals surface area (Å²) in [7, 11) is 6.08. The number of benzene rings is 4. The van der Waals surface area contributed by atoms with E-state index in [1.807, 2.05) is 80.6 Å². The third kappa shape index (κ3) is 29.0. The van der Waals surface area contributed by atoms with Crippen molar-refractivity contribution in [2.45, 2.75) is 201 Å². The van der Waals surface area contributed by atoms with E-state index < -0.39 is 126 Å². The maximum absolute atomic E-state index is 14.9. The number of hydrogen-bond acceptors (Lipinski definition) is 18. The van der Waals surface area contributed by atoms with Crippen LogP contribution in [-0.2, 0) is 84.7 Å². The Morgan fingerprint density at radius 2 is 1.24 bits per heavy atom. The summed E-state index contributed by atoms with van der Waals surface area (Å²) in [6.45, 7) is 20.0. The number of amides is 12. The molecule has 12 unspecified atom stereocenters. The Hall–Kier alpha value is -10.0. The number of methoxy groups -OCH3 is 2. The quantitative estimate of drug-likeness (QED) is 0.0161. The van der Waals surface area contributed by atoms with Crippen LogP contribution < -0.4 is 47.9 Å². The summed E-state index contributed by atoms with van der Waals surface area (Å²) in [5.41, 5.74) is 10.0. The molecule has 0 aromatic heterocycles. The van der Waals surface area contributed by atoms with Crippen LogP contribution in [0.3, 0.4) is 0 Å². The van der Waals surface area contributed by atoms with Crippen LogP contribution in [0.25, 0.3) is 0 Å². The van der Waals surface area contributed by atoms with Crippen molar-refractivity contribution in [1.29, 1.82) is 0 Å². The molecule has 0 aliphatic carbocycles. The van der Waals surface area contributed by atoms with E-state index in [2.05, 4.69) is 49.1 Å². The summed E-state index contributed by atoms with van der Waals surface area (Å²) in [5, 5.41) is 30.5. The van der Waals surface area contributed by atoms with Crippen molar-refractivity contribution in [1.82, 2.24) is 46.6 Å². The molecular weight excluding hydrogens is 1490 g/mol. The highest BCUT2D eigenvalue weighted by molar-refractivity contribution is 5.99. The lowest BCUT2D eigenvalue weighted by molar-refractivity contribution is -0.148. The molecule has 0 saturated carbocycles. The summed E-state index contributed by atoms with van der Waals surface area (Å²) in [5.74, 6) is 0.443. The molecule has 0 bridgehead atoms. The van der Waals surface area contributed by atoms with E-state index in [9.17, 15) is 57.8 Å². The van der Waals surface area contributed by atoms with E-state index in [-0.39, 0.29) is 127 Å². The molecule has 10 N–H and O–H groups in total. The molecule has 0 radical (unpaired) electrons. The molecule has 12 atom stereocenters. The minimum absolute atomic E-state index is 0.00627. The Morgan fingerprint density at radius 3 is 1.88 bits per heavy atom. The van der Waals surface area contributed by atoms with Crippen LogP contribution in [0, 0.1) is 41.4 Å². The number of likely N-dealkylation sites (tertiary alicyclic amines) is 1. The summed E-state index contributed by atoms with van der Waals surface area (Å²) in [6, 6.07) is 23.8. The van der Waals surface area contributed by atoms with Crippen molar-refractivity contribution in [3.8, 4) is 11.8 Å². The predicted molar refractivity (Wildman–Crippen MR) is 438 cm³/mol. The van der Waals surface area contributed by atoms with Gasteiger partial charge in [0.25, 0.3) is 0 Å². The number of nitrogens with two attached hydrogens (primary N) is 1. The van der Waals surface area contributed by atoms with Crippen molar-refractivity contribution in [2.24, 2.45) is 35.3 Å². The summed E-state index contributed by atoms with van der Waals surface area (Å²) < 4.78 is 34.6. The number of primary amides is 1. The van der Waals surface area contributed by atoms with E-state index in [0.29, 0.717) is 54.9 Å². The maximum Gasteiger partial charge on any atom is 0.410 e. The molecule has 12 amide bonds. The largest absolute Gasteiger partial charge is 0.445 e. The van der Waals surface area contributed by atoms with E-state index in [4.69, 9.17) is 34.2 Å². The number of urea groups is 1. The van der Waals surface area contributed by atoms with E-state index in [1.54, 1.807) is 114 Å². The number of carbonyl (C=O) groups excluding carboxylic acids is 11. The minimum atomic E-state index is -1.14. The predicted octanol–water partition coefficient (Wildman–Crippen LogP) is 6.87. The lowest BCUT2D eigenvalue weighted by atomic mass is 9.89. The smallest absolute Gasteiger partial charge is 0.410 e. The van der Waals surface area contributed by atoms with Gasteiger partial charge in [-0.3, -0.25) is 48.1 Å². The fourth-order valence-corrected chi connectivity index (χ4v) is 14.3. The first kappa shape index (κ1) is 94.8. The molecule has 2 heterocycles. The number of likely N-dealkylation sites (N-methyl/N-ethyl adjacent to an activating group) is 2. The monoisotopic (exact) mass is 1610 g/mol. The van der Waals surface area contributed by atoms with Gasteiger partial charge in [-0.2, -0.15) is 0 Å². The van der Waals surface area contributed by atoms with Crippen LogP contribution in [0.4, 0.5) is 21.0 Å². The summed E-state index contributed by atoms with van der Waals surface area (Å²) in [6.07, 6.45) is -1.22. The molecule has 4 aromatic carbocycles. The highest BCUT2D eigenvalue weighted by Crippen LogP contribution is 2.32. The van der Waals surface area contributed by atoms with Gasteiger partial charge >= 0.3 is 12.1 Å². The second kappa shape index (κ2) is 48.5. The third-order valence-corrected chi connectivity index (χ3v) is 21.1. The highest BCUT2D eigenvalue weighted by Gasteiger charge is 2.44. The number of fused-ring (bicyclic) bond motifs is 2. The zero-order valence-electron chi connectivity index (χ0n) is 69.9. The van der Waals surface area contributed by atoms with Crippen LogP contribution >= 0.6 is 0 Å². The number of carbonyl (C=O) groups is 11. The number of nitrogens with one attached hydrogen (secondary N) is 7. The number of aliphatic hydroxyl groups excluding tert-OH is 1. The Morgan fingerprint density at radius 1 is 0.612 bits per heavy atom. The zero-order valence-corrected chi connectivity index (χ0v) is 69.9. The number of rotatable bonds is 47. The van der Waals surface area contributed by atoms with Gasteiger partial charge in [-0.25, -0.2) is 9.59 Å². The van der Waals surface area contributed by atoms with Gasteiger partial charge < -0.3 is 91.2 Å². The zero-order chi connectivity index (χ0) is 85.1. The molecule has 6 rings (SSSR count). The fraction of sp³-hybridized carbons (Fsp3) is 0.570. The van der Waals surface area contributed by atoms with Crippen LogP contribution in [0.2, 0.25) is 0 Å². The molecule has 116 heavy (non-hydrogen) atoms. The van der Waals surface area contributed by atoms with Crippen molar-refractivity contribution >= 4 is 76.7 Å². The number of para-hydroxylation sites is 1. The second-order valence-corrected chi connectivity index (χ2v) is 30.6. The van der Waals surface area contributed by atoms with Gasteiger partial charge in [-0.05, 0) is 103 Å². The summed E-state index contributed by atoms with van der Waals surface area (Å²) in [4.78, 5) is 156. The van der Waals surface area contributed by atoms with E-state index in [0.717, 1.165) is 16.7 Å². The van der Waals surface area contributed by atoms with Gasteiger partial charge in [0, 0.05) is 84.0 Å². The number of nitrogens with zero attached hydrogens (tertiary/aromatic N) is 4. The SMILES string of the molecule is CCC(C)C(C(CC(=O)N1CCCC1C(OC)C(C)C(=O)NC(C)C(O)c1ccccc1)OC)N(C)C(=O)C(NC(=O)C(C(C)C)N(C)C(=O)OCc1ccc(NC(=O)C(CCCNC(N)=O)NC(=O)C(NC(=O)CCOCCOCCOCCNC(=O)CCC(=O)N2Cc3ccccc3C#Cc3ccccc32)C(C)C)cc1)C(C)C. The number of hydrogen-bond donors (Lipinski definition) is 9. The maximum atomic E-state index is 14.9. The molecule has 2 aliphatic rings. The average Bonchev–Trinajstić information content (AvgIpc) is 1.60. The Balaban J connectivity index is 0.925. The van der Waals surface area contributed by atoms with Gasteiger partial charge in [0.05, 0.1) is 101 Å². The van der Waals surface area contributed by atoms with Gasteiger partial charge in [0.15, 0.2) is 0 Å². The van der Waals surface area contributed by atoms with Crippen LogP contribution in [-0.4, -0.2) is 227 Å². The van der Waals surface area contributed by atoms with Gasteiger partial charge in [0.2, 0.25) is 53.2 Å². The number of ether oxygens (including phenoxy) is 6. The van der Waals surface area contributed by atoms with Gasteiger partial charge in [0.1, 0.15) is 30.8 Å². The van der Waals surface area contributed by atoms with Crippen LogP contribution in [0.5, 0.6) is 0 Å². The van der Waals surface area contributed by atoms with Crippen LogP contribution in [0.1, 0.15) is 161 Å². The van der Waals surface area contributed by atoms with Crippen molar-refractivity contribution in [3.05, 3.63) is 131 Å². The molecule has 4 aromatic rings. The first-order chi connectivity index (χ1) is 55.4. The lowest BCUT2D eigenvalue weighted by Crippen LogP contribution is -2.60. The molecule has 1 fully saturated rings. The van der Waals surface area contributed by atoms with E-state index >= 15 is 0 Å². The molecule has 2 aliphatic heterocycles. The topological polar surface area (TPSA) is 387 Å². The van der Waals surface area contributed by atoms with Gasteiger partial charge in [-0.1, -0.05) is 153 Å². The normalized spacial score (nSPS) is 15.9. The number of aliphatic hydroxyl groups is 1. The number of anilines is 2. The lowest BCUT2D eigenvalue weighted by Gasteiger charge is -2.41. The first-order valence-corrected chi connectivity index (χ1v) is 40.3. The Kier molecular flexibility index (Phi) is 39.6. The Labute approximate surface area is 683 Å². The molecule has 1 saturated heterocycles. The third-order valence-electron chi connectivity index (χ3n) is 21.1. The van der Waals surface area contributed by atoms with Crippen LogP contribution in [0.15, 0.2) is 103 Å². The molecule has 30 heteroatoms. The highest BCUT2D eigenvalue weighted by atomic mass is 16.6. The van der Waals surface area contributed by atoms with Gasteiger partial charge in [-0.15, -0.1) is 0 Å². The summed E-state index contributed by atoms with van der Waals surface area (Å²) >= 11 is 0. The van der Waals surface area contributed by atoms with Crippen molar-refractivity contribution in [2.75, 3.05) is 97.8 Å². The second-order valence-electron chi connectivity index (χ2n) is 30.6. The van der Waals surface area contributed by atoms with Crippen molar-refractivity contribution in [3.63, 3.8) is 0 Å². The van der Waals surface area contributed by atoms with E-state index in [1.165, 1.54) is 26.2 Å². The average molecular weight is 1610 g/mol. The minimum Gasteiger partial charge on any atom is -0.445 e. The molecule has 636 valence electrons. The first-order valence-electron chi connectivity index (χ1n) is 40.3. The Bertz CT molecular complexity index is 3930. The standard InChI is InChI=1S/C86H124N12O18/c1-15-57(8)77(69(111-13)51-73(102)97-44-24-32-68(97)79(112-14)58(9)80(104)90-59(10)78(103)63-27-17-16-18-28-63)95(11)84(108)75(55(4)5)94-83(107)76(56(6)7)96(12)86(110)116-53-60-33-37-65(38-34-60)91-81(105)66(30-23-42-89-85(87)109)92-82(106)74(54(2)3)93-71(100)41-45-113-47-49-115-50-48-114-46-43-88-70(99)39-40-72(101)98-52-64-29-20-19-25-61(64)35-36-62-26-21-22-31-67(62)98/h16-22,25-29,31,33-34,37-38,54-59,66,68-69,74-79,103H,15,23-24,30,32,39-53H2,1-14H3,(H,88,99)(H,90,104)(H,91,105)(H,92,106)(H,93,100)(H,94,107)(H3,87,89,109). The molecule has 30 nitrogen and oxygen atoms in total. The molecule has 0 spiro atoms. The van der Waals surface area contributed by atoms with Crippen molar-refractivity contribution < 1.29 is 86.3 Å². The molecular formula is C86H124N12O18.